The summed E-state index contributed by atoms with van der Waals surface area (Å²) >= 11 is 0. The Labute approximate surface area is 320 Å². The summed E-state index contributed by atoms with van der Waals surface area (Å²) in [6, 6.07) is 7.86. The zero-order valence-corrected chi connectivity index (χ0v) is 31.0. The van der Waals surface area contributed by atoms with E-state index in [9.17, 15) is 13.9 Å². The van der Waals surface area contributed by atoms with Crippen LogP contribution in [0.5, 0.6) is 11.8 Å². The fourth-order valence-corrected chi connectivity index (χ4v) is 11.0. The van der Waals surface area contributed by atoms with Crippen LogP contribution >= 0.6 is 0 Å². The van der Waals surface area contributed by atoms with Gasteiger partial charge in [0, 0.05) is 66.9 Å². The van der Waals surface area contributed by atoms with Gasteiger partial charge in [-0.1, -0.05) is 12.0 Å². The second-order valence-electron chi connectivity index (χ2n) is 17.3. The number of rotatable bonds is 7. The third-order valence-corrected chi connectivity index (χ3v) is 13.8. The van der Waals surface area contributed by atoms with Crippen molar-refractivity contribution >= 4 is 38.5 Å². The molecule has 2 aromatic heterocycles. The van der Waals surface area contributed by atoms with Crippen LogP contribution in [-0.4, -0.2) is 101 Å². The largest absolute Gasteiger partial charge is 0.508 e. The van der Waals surface area contributed by atoms with Gasteiger partial charge in [-0.05, 0) is 75.2 Å². The molecule has 1 saturated carbocycles. The Kier molecular flexibility index (Phi) is 7.38. The minimum atomic E-state index is -2.68. The summed E-state index contributed by atoms with van der Waals surface area (Å²) in [5.41, 5.74) is -1.38. The van der Waals surface area contributed by atoms with Crippen LogP contribution < -0.4 is 9.64 Å². The highest BCUT2D eigenvalue weighted by atomic mass is 19.3. The summed E-state index contributed by atoms with van der Waals surface area (Å²) in [4.78, 5) is 16.8. The maximum Gasteiger partial charge on any atom is 0.319 e. The van der Waals surface area contributed by atoms with Gasteiger partial charge in [-0.15, -0.1) is 6.42 Å². The van der Waals surface area contributed by atoms with E-state index in [1.165, 1.54) is 24.3 Å². The Hall–Kier alpha value is -4.64. The maximum atomic E-state index is 17.8. The number of furan rings is 1. The van der Waals surface area contributed by atoms with E-state index < -0.39 is 28.5 Å². The Morgan fingerprint density at radius 3 is 2.55 bits per heavy atom. The van der Waals surface area contributed by atoms with Gasteiger partial charge in [0.05, 0.1) is 40.7 Å². The number of benzene rings is 3. The van der Waals surface area contributed by atoms with E-state index in [0.29, 0.717) is 66.1 Å². The highest BCUT2D eigenvalue weighted by Crippen LogP contribution is 2.69. The number of hydrogen-bond acceptors (Lipinski definition) is 9. The molecule has 0 amide bonds. The molecule has 13 heteroatoms. The average molecular weight is 768 g/mol. The van der Waals surface area contributed by atoms with Crippen LogP contribution in [-0.2, 0) is 4.74 Å². The molecule has 5 aliphatic heterocycles. The van der Waals surface area contributed by atoms with Gasteiger partial charge in [0.15, 0.2) is 5.82 Å². The molecular formula is C43H41F4N5O4. The van der Waals surface area contributed by atoms with Crippen molar-refractivity contribution in [2.45, 2.75) is 69.0 Å². The lowest BCUT2D eigenvalue weighted by molar-refractivity contribution is -0.0538. The van der Waals surface area contributed by atoms with Crippen molar-refractivity contribution in [2.75, 3.05) is 57.4 Å². The summed E-state index contributed by atoms with van der Waals surface area (Å²) in [5, 5.41) is 12.6. The van der Waals surface area contributed by atoms with E-state index in [0.717, 1.165) is 45.6 Å². The highest BCUT2D eigenvalue weighted by Gasteiger charge is 2.77. The second-order valence-corrected chi connectivity index (χ2v) is 17.3. The molecule has 0 radical (unpaired) electrons. The molecule has 1 aliphatic carbocycles. The SMILES string of the molecule is C#Cc1c(F)ccc2cc(O)cc(-c3c(F)c4nc(OC[C@@]56CCCN5C[C@@]5(CC5(F)F)C6)nc(N5C[C@H]6CC[C@@H](C5)N6CC5COC5)c4c4cc(C)oc34)c12. The summed E-state index contributed by atoms with van der Waals surface area (Å²) in [5.74, 6) is -0.305. The molecular weight excluding hydrogens is 726 g/mol. The quantitative estimate of drug-likeness (QED) is 0.134. The minimum Gasteiger partial charge on any atom is -0.508 e. The number of piperazine rings is 1. The fraction of sp³-hybridized carbons (Fsp3) is 0.488. The fourth-order valence-electron chi connectivity index (χ4n) is 11.0. The summed E-state index contributed by atoms with van der Waals surface area (Å²) in [6.45, 7) is 6.77. The van der Waals surface area contributed by atoms with Gasteiger partial charge in [-0.3, -0.25) is 9.80 Å². The Morgan fingerprint density at radius 2 is 1.84 bits per heavy atom. The third-order valence-electron chi connectivity index (χ3n) is 13.8. The molecule has 290 valence electrons. The number of alkyl halides is 2. The van der Waals surface area contributed by atoms with Gasteiger partial charge in [0.2, 0.25) is 0 Å². The smallest absolute Gasteiger partial charge is 0.319 e. The first-order chi connectivity index (χ1) is 27.0. The Morgan fingerprint density at radius 1 is 1.05 bits per heavy atom. The number of fused-ring (bicyclic) bond motifs is 7. The number of terminal acetylenes is 1. The normalized spacial score (nSPS) is 28.5. The molecule has 56 heavy (non-hydrogen) atoms. The number of anilines is 1. The lowest BCUT2D eigenvalue weighted by atomic mass is 9.89. The standard InChI is InChI=1S/C43H41F4N5O4/c1-3-29-32(44)8-5-25-12-28(53)13-30(33(25)29)34-36(45)37-35(31-11-23(2)56-38(31)34)39(50-15-26-6-7-27(16-50)52(26)14-24-17-54-18-24)49-40(48-37)55-22-42-9-4-10-51(42)21-41(19-42)20-43(41,46)47/h1,5,8,11-13,24,26-27,53H,4,6-7,9-10,14-22H2,2H3/t26-,27+,41-,42-/m0/s1. The molecule has 1 spiro atoms. The van der Waals surface area contributed by atoms with Gasteiger partial charge in [0.25, 0.3) is 5.92 Å². The van der Waals surface area contributed by atoms with E-state index in [1.54, 1.807) is 6.92 Å². The zero-order valence-electron chi connectivity index (χ0n) is 31.0. The molecule has 7 heterocycles. The van der Waals surface area contributed by atoms with Crippen LogP contribution in [0.15, 0.2) is 34.7 Å². The lowest BCUT2D eigenvalue weighted by Crippen LogP contribution is -2.56. The molecule has 11 rings (SSSR count). The molecule has 5 aromatic rings. The molecule has 9 nitrogen and oxygen atoms in total. The van der Waals surface area contributed by atoms with Crippen molar-refractivity contribution in [3.05, 3.63) is 53.3 Å². The molecule has 6 aliphatic rings. The Bertz CT molecular complexity index is 2520. The molecule has 0 unspecified atom stereocenters. The van der Waals surface area contributed by atoms with E-state index in [2.05, 4.69) is 20.6 Å². The van der Waals surface area contributed by atoms with Gasteiger partial charge in [-0.25, -0.2) is 17.6 Å². The Balaban J connectivity index is 1.09. The van der Waals surface area contributed by atoms with Crippen LogP contribution in [0.4, 0.5) is 23.4 Å². The summed E-state index contributed by atoms with van der Waals surface area (Å²) in [6.07, 6.45) is 9.71. The minimum absolute atomic E-state index is 0.0257. The van der Waals surface area contributed by atoms with Crippen molar-refractivity contribution < 1.29 is 36.6 Å². The predicted octanol–water partition coefficient (Wildman–Crippen LogP) is 7.41. The number of phenolic OH excluding ortho intramolecular Hbond substituents is 1. The van der Waals surface area contributed by atoms with Gasteiger partial charge < -0.3 is 23.9 Å². The van der Waals surface area contributed by atoms with Crippen LogP contribution in [0, 0.1) is 42.2 Å². The molecule has 1 N–H and O–H groups in total. The topological polar surface area (TPSA) is 87.3 Å². The second kappa shape index (κ2) is 11.9. The number of ether oxygens (including phenoxy) is 2. The van der Waals surface area contributed by atoms with Crippen LogP contribution in [0.3, 0.4) is 0 Å². The molecule has 2 bridgehead atoms. The number of aryl methyl sites for hydroxylation is 1. The number of nitrogens with zero attached hydrogens (tertiary/aromatic N) is 5. The van der Waals surface area contributed by atoms with Crippen LogP contribution in [0.1, 0.15) is 49.8 Å². The van der Waals surface area contributed by atoms with Crippen molar-refractivity contribution in [2.24, 2.45) is 11.3 Å². The highest BCUT2D eigenvalue weighted by molar-refractivity contribution is 6.18. The van der Waals surface area contributed by atoms with Gasteiger partial charge in [-0.2, -0.15) is 9.97 Å². The molecule has 5 saturated heterocycles. The van der Waals surface area contributed by atoms with E-state index in [4.69, 9.17) is 30.3 Å². The van der Waals surface area contributed by atoms with Crippen molar-refractivity contribution in [3.8, 4) is 35.2 Å². The first-order valence-electron chi connectivity index (χ1n) is 19.7. The van der Waals surface area contributed by atoms with Gasteiger partial charge >= 0.3 is 6.01 Å². The predicted molar refractivity (Wildman–Crippen MR) is 202 cm³/mol. The first kappa shape index (κ1) is 34.6. The number of aromatic hydroxyl groups is 1. The number of hydrogen-bond donors (Lipinski definition) is 1. The monoisotopic (exact) mass is 767 g/mol. The van der Waals surface area contributed by atoms with Crippen molar-refractivity contribution in [1.82, 2.24) is 19.8 Å². The van der Waals surface area contributed by atoms with Gasteiger partial charge in [0.1, 0.15) is 40.9 Å². The third kappa shape index (κ3) is 4.97. The number of halogens is 4. The lowest BCUT2D eigenvalue weighted by Gasteiger charge is -2.44. The molecule has 3 aromatic carbocycles. The zero-order chi connectivity index (χ0) is 38.3. The van der Waals surface area contributed by atoms with Crippen molar-refractivity contribution in [1.29, 1.82) is 0 Å². The average Bonchev–Trinajstić information content (AvgIpc) is 3.60. The summed E-state index contributed by atoms with van der Waals surface area (Å²) < 4.78 is 80.7. The van der Waals surface area contributed by atoms with Crippen LogP contribution in [0.2, 0.25) is 0 Å². The molecule has 4 atom stereocenters. The first-order valence-corrected chi connectivity index (χ1v) is 19.7. The maximum absolute atomic E-state index is 17.8. The van der Waals surface area contributed by atoms with Crippen LogP contribution in [0.25, 0.3) is 43.8 Å². The van der Waals surface area contributed by atoms with Crippen molar-refractivity contribution in [3.63, 3.8) is 0 Å². The summed E-state index contributed by atoms with van der Waals surface area (Å²) in [7, 11) is 0. The molecule has 6 fully saturated rings. The van der Waals surface area contributed by atoms with E-state index in [1.807, 2.05) is 6.07 Å². The van der Waals surface area contributed by atoms with E-state index >= 15 is 8.78 Å². The number of phenols is 1. The number of aromatic nitrogens is 2. The van der Waals surface area contributed by atoms with E-state index in [-0.39, 0.29) is 70.0 Å².